The second kappa shape index (κ2) is 5.52. The molecule has 3 rings (SSSR count). The number of rotatable bonds is 6. The van der Waals surface area contributed by atoms with E-state index in [1.165, 1.54) is 22.7 Å². The van der Waals surface area contributed by atoms with E-state index in [1.54, 1.807) is 0 Å². The summed E-state index contributed by atoms with van der Waals surface area (Å²) in [7, 11) is 0. The summed E-state index contributed by atoms with van der Waals surface area (Å²) in [6, 6.07) is 2.75. The zero-order valence-electron chi connectivity index (χ0n) is 11.7. The van der Waals surface area contributed by atoms with Gasteiger partial charge < -0.3 is 5.32 Å². The number of pyridine rings is 1. The molecule has 112 valence electrons. The van der Waals surface area contributed by atoms with E-state index in [-0.39, 0.29) is 11.5 Å². The molecule has 2 aromatic rings. The van der Waals surface area contributed by atoms with Crippen molar-refractivity contribution in [1.82, 2.24) is 19.9 Å². The summed E-state index contributed by atoms with van der Waals surface area (Å²) in [6.07, 6.45) is 8.60. The van der Waals surface area contributed by atoms with Crippen molar-refractivity contribution >= 4 is 11.6 Å². The van der Waals surface area contributed by atoms with Crippen LogP contribution in [-0.2, 0) is 0 Å². The molecule has 0 atom stereocenters. The quantitative estimate of drug-likeness (QED) is 0.822. The minimum atomic E-state index is -0.530. The standard InChI is InChI=1S/C14H13FN6O/c1-2-3-6-14(19-20-14)7-8-16-13(22)12-18-17-11-10(15)5-4-9-21(11)12/h1,4-5,9H,3,6-8H2,(H,16,22). The van der Waals surface area contributed by atoms with Crippen LogP contribution in [0.2, 0.25) is 0 Å². The number of carbonyl (C=O) groups is 1. The topological polar surface area (TPSA) is 84.0 Å². The van der Waals surface area contributed by atoms with Crippen molar-refractivity contribution in [3.63, 3.8) is 0 Å². The zero-order valence-corrected chi connectivity index (χ0v) is 11.7. The summed E-state index contributed by atoms with van der Waals surface area (Å²) in [5.74, 6) is 1.63. The summed E-state index contributed by atoms with van der Waals surface area (Å²) < 4.78 is 14.8. The second-order valence-electron chi connectivity index (χ2n) is 4.97. The average molecular weight is 300 g/mol. The number of aromatic nitrogens is 3. The number of hydrogen-bond donors (Lipinski definition) is 1. The Hall–Kier alpha value is -2.82. The molecule has 1 amide bonds. The van der Waals surface area contributed by atoms with Crippen LogP contribution in [-0.4, -0.2) is 32.7 Å². The third-order valence-corrected chi connectivity index (χ3v) is 3.45. The predicted molar refractivity (Wildman–Crippen MR) is 75.5 cm³/mol. The Morgan fingerprint density at radius 2 is 2.23 bits per heavy atom. The maximum atomic E-state index is 13.5. The lowest BCUT2D eigenvalue weighted by Crippen LogP contribution is -2.29. The SMILES string of the molecule is C#CCCC1(CCNC(=O)c2nnc3c(F)cccn23)N=N1. The van der Waals surface area contributed by atoms with Gasteiger partial charge in [-0.1, -0.05) is 0 Å². The van der Waals surface area contributed by atoms with Crippen LogP contribution in [0.5, 0.6) is 0 Å². The molecule has 3 heterocycles. The fourth-order valence-corrected chi connectivity index (χ4v) is 2.16. The molecule has 0 fully saturated rings. The molecule has 0 bridgehead atoms. The van der Waals surface area contributed by atoms with E-state index in [4.69, 9.17) is 6.42 Å². The molecular formula is C14H13FN6O. The normalized spacial score (nSPS) is 14.7. The highest BCUT2D eigenvalue weighted by molar-refractivity contribution is 5.91. The molecule has 0 radical (unpaired) electrons. The van der Waals surface area contributed by atoms with Crippen molar-refractivity contribution in [2.24, 2.45) is 10.2 Å². The monoisotopic (exact) mass is 300 g/mol. The summed E-state index contributed by atoms with van der Waals surface area (Å²) >= 11 is 0. The average Bonchev–Trinajstić information content (AvgIpc) is 3.13. The van der Waals surface area contributed by atoms with Crippen molar-refractivity contribution in [1.29, 1.82) is 0 Å². The molecule has 2 aromatic heterocycles. The first-order chi connectivity index (χ1) is 10.7. The van der Waals surface area contributed by atoms with E-state index < -0.39 is 17.4 Å². The van der Waals surface area contributed by atoms with Gasteiger partial charge in [0, 0.05) is 32.0 Å². The van der Waals surface area contributed by atoms with Crippen molar-refractivity contribution in [2.75, 3.05) is 6.54 Å². The number of carbonyl (C=O) groups excluding carboxylic acids is 1. The number of nitrogens with zero attached hydrogens (tertiary/aromatic N) is 5. The number of halogens is 1. The van der Waals surface area contributed by atoms with Gasteiger partial charge in [0.05, 0.1) is 0 Å². The lowest BCUT2D eigenvalue weighted by Gasteiger charge is -2.09. The molecule has 0 unspecified atom stereocenters. The zero-order chi connectivity index (χ0) is 15.6. The number of nitrogens with one attached hydrogen (secondary N) is 1. The van der Waals surface area contributed by atoms with Gasteiger partial charge >= 0.3 is 0 Å². The Morgan fingerprint density at radius 1 is 1.41 bits per heavy atom. The summed E-state index contributed by atoms with van der Waals surface area (Å²) in [6.45, 7) is 0.376. The third-order valence-electron chi connectivity index (χ3n) is 3.45. The first-order valence-corrected chi connectivity index (χ1v) is 6.80. The van der Waals surface area contributed by atoms with Gasteiger partial charge in [-0.15, -0.1) is 22.5 Å². The van der Waals surface area contributed by atoms with E-state index in [9.17, 15) is 9.18 Å². The Labute approximate surface area is 125 Å². The Kier molecular flexibility index (Phi) is 3.55. The number of fused-ring (bicyclic) bond motifs is 1. The van der Waals surface area contributed by atoms with Gasteiger partial charge in [0.1, 0.15) is 0 Å². The highest BCUT2D eigenvalue weighted by Crippen LogP contribution is 2.35. The second-order valence-corrected chi connectivity index (χ2v) is 4.97. The molecule has 1 aliphatic rings. The molecule has 1 aliphatic heterocycles. The van der Waals surface area contributed by atoms with Crippen molar-refractivity contribution < 1.29 is 9.18 Å². The Morgan fingerprint density at radius 3 is 2.95 bits per heavy atom. The van der Waals surface area contributed by atoms with Crippen LogP contribution < -0.4 is 5.32 Å². The van der Waals surface area contributed by atoms with Gasteiger partial charge in [-0.2, -0.15) is 10.2 Å². The van der Waals surface area contributed by atoms with Crippen LogP contribution in [0.4, 0.5) is 4.39 Å². The first kappa shape index (κ1) is 14.1. The van der Waals surface area contributed by atoms with Crippen LogP contribution in [0, 0.1) is 18.2 Å². The van der Waals surface area contributed by atoms with Crippen LogP contribution in [0.1, 0.15) is 29.9 Å². The molecule has 7 nitrogen and oxygen atoms in total. The summed E-state index contributed by atoms with van der Waals surface area (Å²) in [5, 5.41) is 18.1. The molecule has 0 aromatic carbocycles. The number of terminal acetylenes is 1. The first-order valence-electron chi connectivity index (χ1n) is 6.80. The largest absolute Gasteiger partial charge is 0.349 e. The van der Waals surface area contributed by atoms with E-state index in [0.717, 1.165) is 0 Å². The Balaban J connectivity index is 1.60. The summed E-state index contributed by atoms with van der Waals surface area (Å²) in [5.41, 5.74) is -0.427. The molecular weight excluding hydrogens is 287 g/mol. The lowest BCUT2D eigenvalue weighted by atomic mass is 10.0. The van der Waals surface area contributed by atoms with E-state index in [0.29, 0.717) is 25.8 Å². The number of hydrogen-bond acceptors (Lipinski definition) is 5. The maximum absolute atomic E-state index is 13.5. The molecule has 0 aliphatic carbocycles. The van der Waals surface area contributed by atoms with Gasteiger partial charge in [0.15, 0.2) is 17.1 Å². The maximum Gasteiger partial charge on any atom is 0.289 e. The van der Waals surface area contributed by atoms with Gasteiger partial charge in [-0.3, -0.25) is 9.20 Å². The molecule has 1 N–H and O–H groups in total. The highest BCUT2D eigenvalue weighted by Gasteiger charge is 2.38. The van der Waals surface area contributed by atoms with Crippen LogP contribution >= 0.6 is 0 Å². The fraction of sp³-hybridized carbons (Fsp3) is 0.357. The van der Waals surface area contributed by atoms with Crippen molar-refractivity contribution in [3.8, 4) is 12.3 Å². The van der Waals surface area contributed by atoms with Crippen molar-refractivity contribution in [2.45, 2.75) is 24.9 Å². The van der Waals surface area contributed by atoms with Crippen molar-refractivity contribution in [3.05, 3.63) is 30.0 Å². The molecule has 22 heavy (non-hydrogen) atoms. The molecule has 8 heteroatoms. The van der Waals surface area contributed by atoms with Gasteiger partial charge in [0.2, 0.25) is 5.82 Å². The van der Waals surface area contributed by atoms with E-state index in [2.05, 4.69) is 31.7 Å². The molecule has 0 spiro atoms. The number of amides is 1. The van der Waals surface area contributed by atoms with E-state index >= 15 is 0 Å². The Bertz CT molecular complexity index is 784. The molecule has 0 saturated heterocycles. The smallest absolute Gasteiger partial charge is 0.289 e. The van der Waals surface area contributed by atoms with Crippen LogP contribution in [0.25, 0.3) is 5.65 Å². The minimum absolute atomic E-state index is 0.0188. The molecule has 0 saturated carbocycles. The summed E-state index contributed by atoms with van der Waals surface area (Å²) in [4.78, 5) is 12.1. The minimum Gasteiger partial charge on any atom is -0.349 e. The van der Waals surface area contributed by atoms with Crippen LogP contribution in [0.15, 0.2) is 28.6 Å². The van der Waals surface area contributed by atoms with Gasteiger partial charge in [-0.05, 0) is 12.1 Å². The van der Waals surface area contributed by atoms with Gasteiger partial charge in [-0.25, -0.2) is 4.39 Å². The van der Waals surface area contributed by atoms with E-state index in [1.807, 2.05) is 0 Å². The van der Waals surface area contributed by atoms with Gasteiger partial charge in [0.25, 0.3) is 5.91 Å². The van der Waals surface area contributed by atoms with Crippen LogP contribution in [0.3, 0.4) is 0 Å². The highest BCUT2D eigenvalue weighted by atomic mass is 19.1. The predicted octanol–water partition coefficient (Wildman–Crippen LogP) is 1.56. The fourth-order valence-electron chi connectivity index (χ4n) is 2.16. The lowest BCUT2D eigenvalue weighted by molar-refractivity contribution is 0.0940. The third kappa shape index (κ3) is 2.65.